The van der Waals surface area contributed by atoms with Crippen LogP contribution in [0.25, 0.3) is 0 Å². The van der Waals surface area contributed by atoms with E-state index < -0.39 is 0 Å². The van der Waals surface area contributed by atoms with Crippen molar-refractivity contribution in [3.05, 3.63) is 130 Å². The summed E-state index contributed by atoms with van der Waals surface area (Å²) in [6.45, 7) is 19.1. The number of hydrogen-bond acceptors (Lipinski definition) is 3. The van der Waals surface area contributed by atoms with E-state index in [0.717, 1.165) is 30.7 Å². The van der Waals surface area contributed by atoms with Crippen molar-refractivity contribution in [1.82, 2.24) is 9.80 Å². The predicted molar refractivity (Wildman–Crippen MR) is 306 cm³/mol. The highest BCUT2D eigenvalue weighted by Gasteiger charge is 2.60. The minimum atomic E-state index is 0.169. The summed E-state index contributed by atoms with van der Waals surface area (Å²) >= 11 is 0. The van der Waals surface area contributed by atoms with Crippen LogP contribution in [0.1, 0.15) is 208 Å². The lowest BCUT2D eigenvalue weighted by atomic mass is 9.52. The molecule has 0 bridgehead atoms. The van der Waals surface area contributed by atoms with E-state index in [0.29, 0.717) is 65.8 Å². The van der Waals surface area contributed by atoms with Gasteiger partial charge >= 0.3 is 0 Å². The Morgan fingerprint density at radius 2 is 1.55 bits per heavy atom. The van der Waals surface area contributed by atoms with Gasteiger partial charge in [0.05, 0.1) is 11.9 Å². The summed E-state index contributed by atoms with van der Waals surface area (Å²) < 4.78 is 6.91. The third kappa shape index (κ3) is 9.36. The second kappa shape index (κ2) is 20.9. The molecular weight excluding hydrogens is 885 g/mol. The molecule has 0 radical (unpaired) electrons. The predicted octanol–water partition coefficient (Wildman–Crippen LogP) is 18.1. The summed E-state index contributed by atoms with van der Waals surface area (Å²) in [6, 6.07) is 2.83. The minimum Gasteiger partial charge on any atom is -0.495 e. The summed E-state index contributed by atoms with van der Waals surface area (Å²) in [4.78, 5) is 6.18. The Balaban J connectivity index is 0.881. The molecule has 0 aromatic heterocycles. The molecule has 0 aromatic carbocycles. The first-order valence-electron chi connectivity index (χ1n) is 31.3. The highest BCUT2D eigenvalue weighted by Crippen LogP contribution is 2.68. The van der Waals surface area contributed by atoms with Crippen LogP contribution in [0.3, 0.4) is 0 Å². The maximum absolute atomic E-state index is 6.91. The summed E-state index contributed by atoms with van der Waals surface area (Å²) in [5.74, 6) is 6.52. The van der Waals surface area contributed by atoms with Gasteiger partial charge in [-0.05, 0) is 198 Å². The van der Waals surface area contributed by atoms with Gasteiger partial charge in [0.2, 0.25) is 0 Å². The Hall–Kier alpha value is -3.30. The van der Waals surface area contributed by atoms with Gasteiger partial charge in [-0.1, -0.05) is 157 Å². The minimum absolute atomic E-state index is 0.169. The fraction of sp³-hybridized carbons (Fsp3) is 0.686. The van der Waals surface area contributed by atoms with Crippen LogP contribution in [0.5, 0.6) is 0 Å². The molecule has 0 aromatic rings. The molecule has 73 heavy (non-hydrogen) atoms. The second-order valence-corrected chi connectivity index (χ2v) is 27.7. The number of fused-ring (bicyclic) bond motifs is 4. The number of rotatable bonds is 10. The van der Waals surface area contributed by atoms with Gasteiger partial charge in [0, 0.05) is 59.6 Å². The monoisotopic (exact) mass is 983 g/mol. The van der Waals surface area contributed by atoms with Crippen LogP contribution in [0.2, 0.25) is 0 Å². The first kappa shape index (κ1) is 50.5. The Labute approximate surface area is 445 Å². The molecule has 11 aliphatic carbocycles. The lowest BCUT2D eigenvalue weighted by molar-refractivity contribution is 0.0314. The number of nitrogens with zero attached hydrogens (tertiary/aromatic N) is 2. The summed E-state index contributed by atoms with van der Waals surface area (Å²) in [6.07, 6.45) is 65.7. The molecule has 12 aliphatic rings. The van der Waals surface area contributed by atoms with Crippen molar-refractivity contribution in [3.8, 4) is 0 Å². The van der Waals surface area contributed by atoms with Crippen LogP contribution in [0, 0.1) is 58.2 Å². The van der Waals surface area contributed by atoms with Crippen LogP contribution < -0.4 is 0 Å². The van der Waals surface area contributed by atoms with E-state index in [1.54, 1.807) is 28.0 Å². The van der Waals surface area contributed by atoms with Gasteiger partial charge in [-0.3, -0.25) is 4.90 Å². The van der Waals surface area contributed by atoms with E-state index in [-0.39, 0.29) is 10.8 Å². The van der Waals surface area contributed by atoms with E-state index in [1.165, 1.54) is 165 Å². The fourth-order valence-corrected chi connectivity index (χ4v) is 18.8. The van der Waals surface area contributed by atoms with Gasteiger partial charge in [-0.15, -0.1) is 6.58 Å². The van der Waals surface area contributed by atoms with Crippen LogP contribution in [-0.4, -0.2) is 46.1 Å². The van der Waals surface area contributed by atoms with E-state index in [4.69, 9.17) is 4.74 Å². The molecule has 0 spiro atoms. The molecule has 10 unspecified atom stereocenters. The van der Waals surface area contributed by atoms with E-state index in [2.05, 4.69) is 131 Å². The quantitative estimate of drug-likeness (QED) is 0.203. The van der Waals surface area contributed by atoms with Gasteiger partial charge in [-0.25, -0.2) is 0 Å². The molecule has 1 aliphatic heterocycles. The Bertz CT molecular complexity index is 2400. The first-order valence-corrected chi connectivity index (χ1v) is 31.3. The molecular formula is C70H98N2O. The normalized spacial score (nSPS) is 40.0. The van der Waals surface area contributed by atoms with Crippen LogP contribution in [0.4, 0.5) is 0 Å². The average molecular weight is 984 g/mol. The molecule has 1 heterocycles. The molecule has 0 N–H and O–H groups in total. The summed E-state index contributed by atoms with van der Waals surface area (Å²) in [7, 11) is 0. The third-order valence-corrected chi connectivity index (χ3v) is 22.5. The van der Waals surface area contributed by atoms with Gasteiger partial charge in [0.15, 0.2) is 0 Å². The number of ether oxygens (including phenoxy) is 1. The maximum atomic E-state index is 6.91. The zero-order valence-corrected chi connectivity index (χ0v) is 46.9. The van der Waals surface area contributed by atoms with Gasteiger partial charge in [0.25, 0.3) is 0 Å². The maximum Gasteiger partial charge on any atom is 0.0983 e. The van der Waals surface area contributed by atoms with Crippen molar-refractivity contribution in [1.29, 1.82) is 0 Å². The lowest BCUT2D eigenvalue weighted by Gasteiger charge is -2.54. The van der Waals surface area contributed by atoms with Crippen molar-refractivity contribution in [3.63, 3.8) is 0 Å². The van der Waals surface area contributed by atoms with Crippen LogP contribution in [0.15, 0.2) is 130 Å². The molecule has 3 nitrogen and oxygen atoms in total. The zero-order valence-electron chi connectivity index (χ0n) is 46.9. The largest absolute Gasteiger partial charge is 0.495 e. The topological polar surface area (TPSA) is 15.7 Å². The Morgan fingerprint density at radius 3 is 2.29 bits per heavy atom. The standard InChI is InChI=1S/C70H98N2O/c1-8-49-24-36-57(37-25-49)73-58-38-31-53(32-39-58)70(52-27-22-46(2)23-28-52)64-20-14-12-18-59(64)60-40-35-56(45-65(60)70)71(55-33-29-51(30-34-55)69(5,6)7)68-43-47(3)62(42-48(68)4)50-26-41-67-63(44-50)61-19-13-15-21-66(61)72(67)54-16-10-9-11-17-54/h8,13,15,29-31,33,35,38,40,42,44,46-49,52,54-57,60-61,65-66,68H,1,9-12,14,16-28,32,34,36-37,39,41,43,45H2,2-7H3. The van der Waals surface area contributed by atoms with Crippen molar-refractivity contribution in [2.45, 2.75) is 245 Å². The van der Waals surface area contributed by atoms with E-state index in [1.807, 2.05) is 11.1 Å². The molecule has 3 heteroatoms. The fourth-order valence-electron chi connectivity index (χ4n) is 18.8. The highest BCUT2D eigenvalue weighted by atomic mass is 16.5. The molecule has 394 valence electrons. The van der Waals surface area contributed by atoms with E-state index in [9.17, 15) is 0 Å². The number of allylic oxidation sites excluding steroid dienone is 15. The SMILES string of the molecule is C=CC1CCC(OC2=CC=C(C3(C4CCC(C)CC4)C4=C(CCCC4)C4C=CC(N(C5C=CC(C(C)(C)C)=CC5)C5CC(C)C(C6=CC7=C(CC6)N(C6CCCCC6)C6CC=CCC76)=CC5C)CC43)CC2)CC1. The highest BCUT2D eigenvalue weighted by molar-refractivity contribution is 5.51. The Kier molecular flexibility index (Phi) is 14.5. The molecule has 12 rings (SSSR count). The van der Waals surface area contributed by atoms with E-state index >= 15 is 0 Å². The molecule has 10 atom stereocenters. The zero-order chi connectivity index (χ0) is 50.0. The van der Waals surface area contributed by atoms with Crippen molar-refractivity contribution in [2.75, 3.05) is 0 Å². The average Bonchev–Trinajstić information content (AvgIpc) is 3.90. The van der Waals surface area contributed by atoms with Crippen LogP contribution >= 0.6 is 0 Å². The smallest absolute Gasteiger partial charge is 0.0983 e. The molecule has 0 amide bonds. The molecule has 3 fully saturated rings. The lowest BCUT2D eigenvalue weighted by Crippen LogP contribution is -2.55. The van der Waals surface area contributed by atoms with Gasteiger partial charge in [0.1, 0.15) is 0 Å². The summed E-state index contributed by atoms with van der Waals surface area (Å²) in [5, 5.41) is 0. The molecule has 0 saturated heterocycles. The van der Waals surface area contributed by atoms with Crippen molar-refractivity contribution < 1.29 is 4.74 Å². The third-order valence-electron chi connectivity index (χ3n) is 22.5. The van der Waals surface area contributed by atoms with Crippen molar-refractivity contribution >= 4 is 0 Å². The Morgan fingerprint density at radius 1 is 0.753 bits per heavy atom. The first-order chi connectivity index (χ1) is 35.5. The summed E-state index contributed by atoms with van der Waals surface area (Å²) in [5.41, 5.74) is 14.4. The second-order valence-electron chi connectivity index (χ2n) is 27.7. The number of hydrogen-bond donors (Lipinski definition) is 0. The van der Waals surface area contributed by atoms with Gasteiger partial charge in [-0.2, -0.15) is 0 Å². The van der Waals surface area contributed by atoms with Gasteiger partial charge < -0.3 is 9.64 Å². The molecule has 3 saturated carbocycles. The van der Waals surface area contributed by atoms with Crippen LogP contribution in [-0.2, 0) is 4.74 Å². The van der Waals surface area contributed by atoms with Crippen molar-refractivity contribution in [2.24, 2.45) is 58.2 Å².